The van der Waals surface area contributed by atoms with Gasteiger partial charge in [-0.1, -0.05) is 11.6 Å². The van der Waals surface area contributed by atoms with Crippen LogP contribution >= 0.6 is 11.6 Å². The summed E-state index contributed by atoms with van der Waals surface area (Å²) in [7, 11) is -4.08. The third kappa shape index (κ3) is 3.47. The molecule has 1 aliphatic heterocycles. The van der Waals surface area contributed by atoms with Crippen molar-refractivity contribution < 1.29 is 21.6 Å². The topological polar surface area (TPSA) is 90.1 Å². The Balaban J connectivity index is 1.94. The minimum Gasteiger partial charge on any atom is -0.244 e. The first-order valence-corrected chi connectivity index (χ1v) is 10.5. The number of sulfone groups is 1. The van der Waals surface area contributed by atoms with Gasteiger partial charge in [0.2, 0.25) is 0 Å². The zero-order chi connectivity index (χ0) is 21.7. The van der Waals surface area contributed by atoms with E-state index in [1.54, 1.807) is 0 Å². The number of aromatic nitrogens is 4. The lowest BCUT2D eigenvalue weighted by atomic mass is 10.0. The molecule has 156 valence electrons. The second kappa shape index (κ2) is 7.17. The van der Waals surface area contributed by atoms with E-state index in [1.807, 2.05) is 0 Å². The monoisotopic (exact) mass is 455 g/mol. The molecule has 2 aromatic heterocycles. The van der Waals surface area contributed by atoms with E-state index in [0.29, 0.717) is 5.02 Å². The predicted octanol–water partition coefficient (Wildman–Crippen LogP) is 3.88. The minimum absolute atomic E-state index is 0.0417. The largest absolute Gasteiger partial charge is 0.435 e. The van der Waals surface area contributed by atoms with Gasteiger partial charge in [-0.05, 0) is 31.2 Å². The molecule has 12 heteroatoms. The number of aliphatic imine (C=N–C) groups is 1. The van der Waals surface area contributed by atoms with E-state index in [0.717, 1.165) is 10.7 Å². The lowest BCUT2D eigenvalue weighted by molar-refractivity contribution is -0.141. The highest BCUT2D eigenvalue weighted by molar-refractivity contribution is 7.92. The molecule has 0 aliphatic carbocycles. The van der Waals surface area contributed by atoms with Crippen molar-refractivity contribution in [1.29, 1.82) is 0 Å². The Morgan fingerprint density at radius 2 is 1.73 bits per heavy atom. The maximum absolute atomic E-state index is 13.5. The SMILES string of the molecule is CC1=Nc2cc(C(F)(F)F)nn2C(c2cncnc2)C1S(=O)(=O)c1ccc(Cl)cc1. The molecule has 0 spiro atoms. The molecule has 0 amide bonds. The number of benzene rings is 1. The number of hydrogen-bond donors (Lipinski definition) is 0. The first kappa shape index (κ1) is 20.5. The third-order valence-electron chi connectivity index (χ3n) is 4.66. The van der Waals surface area contributed by atoms with Crippen LogP contribution in [-0.2, 0) is 16.0 Å². The van der Waals surface area contributed by atoms with Gasteiger partial charge >= 0.3 is 6.18 Å². The van der Waals surface area contributed by atoms with Crippen molar-refractivity contribution in [2.24, 2.45) is 4.99 Å². The average Bonchev–Trinajstić information content (AvgIpc) is 3.12. The lowest BCUT2D eigenvalue weighted by Gasteiger charge is -2.31. The van der Waals surface area contributed by atoms with Crippen molar-refractivity contribution in [2.75, 3.05) is 0 Å². The first-order chi connectivity index (χ1) is 14.1. The van der Waals surface area contributed by atoms with Crippen LogP contribution in [0.15, 0.2) is 58.9 Å². The fourth-order valence-corrected chi connectivity index (χ4v) is 5.41. The molecule has 0 radical (unpaired) electrons. The molecule has 0 bridgehead atoms. The number of rotatable bonds is 3. The zero-order valence-electron chi connectivity index (χ0n) is 15.2. The van der Waals surface area contributed by atoms with E-state index in [9.17, 15) is 21.6 Å². The molecule has 2 unspecified atom stereocenters. The van der Waals surface area contributed by atoms with Crippen LogP contribution in [0.4, 0.5) is 19.0 Å². The van der Waals surface area contributed by atoms with Gasteiger partial charge < -0.3 is 0 Å². The van der Waals surface area contributed by atoms with Crippen LogP contribution < -0.4 is 0 Å². The Hall–Kier alpha value is -2.79. The smallest absolute Gasteiger partial charge is 0.244 e. The van der Waals surface area contributed by atoms with Crippen LogP contribution in [0.2, 0.25) is 5.02 Å². The third-order valence-corrected chi connectivity index (χ3v) is 7.11. The molecule has 3 heterocycles. The highest BCUT2D eigenvalue weighted by Gasteiger charge is 2.45. The van der Waals surface area contributed by atoms with Gasteiger partial charge in [-0.15, -0.1) is 0 Å². The number of halogens is 4. The summed E-state index contributed by atoms with van der Waals surface area (Å²) in [5.74, 6) is -0.101. The van der Waals surface area contributed by atoms with Crippen molar-refractivity contribution in [3.8, 4) is 0 Å². The summed E-state index contributed by atoms with van der Waals surface area (Å²) in [6.45, 7) is 1.46. The summed E-state index contributed by atoms with van der Waals surface area (Å²) < 4.78 is 67.7. The van der Waals surface area contributed by atoms with Crippen LogP contribution in [0, 0.1) is 0 Å². The summed E-state index contributed by atoms with van der Waals surface area (Å²) in [4.78, 5) is 11.9. The molecule has 7 nitrogen and oxygen atoms in total. The van der Waals surface area contributed by atoms with Crippen LogP contribution in [0.3, 0.4) is 0 Å². The standard InChI is InChI=1S/C18H13ClF3N5O2S/c1-10-17(30(28,29)13-4-2-12(19)3-5-13)16(11-7-23-9-24-8-11)27-15(25-10)6-14(26-27)18(20,21)22/h2-9,16-17H,1H3. The summed E-state index contributed by atoms with van der Waals surface area (Å²) in [5.41, 5.74) is -0.757. The number of nitrogens with zero attached hydrogens (tertiary/aromatic N) is 5. The summed E-state index contributed by atoms with van der Waals surface area (Å²) in [6.07, 6.45) is -0.782. The van der Waals surface area contributed by atoms with Crippen molar-refractivity contribution in [2.45, 2.75) is 29.3 Å². The predicted molar refractivity (Wildman–Crippen MR) is 103 cm³/mol. The van der Waals surface area contributed by atoms with E-state index in [4.69, 9.17) is 11.6 Å². The van der Waals surface area contributed by atoms with Crippen LogP contribution in [0.1, 0.15) is 24.2 Å². The molecule has 0 fully saturated rings. The van der Waals surface area contributed by atoms with Crippen molar-refractivity contribution >= 4 is 33.0 Å². The summed E-state index contributed by atoms with van der Waals surface area (Å²) >= 11 is 5.86. The highest BCUT2D eigenvalue weighted by Crippen LogP contribution is 2.40. The van der Waals surface area contributed by atoms with Gasteiger partial charge in [-0.2, -0.15) is 18.3 Å². The van der Waals surface area contributed by atoms with E-state index in [1.165, 1.54) is 49.9 Å². The Morgan fingerprint density at radius 1 is 1.10 bits per heavy atom. The van der Waals surface area contributed by atoms with Crippen LogP contribution in [-0.4, -0.2) is 39.1 Å². The maximum Gasteiger partial charge on any atom is 0.435 e. The second-order valence-electron chi connectivity index (χ2n) is 6.62. The summed E-state index contributed by atoms with van der Waals surface area (Å²) in [6, 6.07) is 5.16. The normalized spacial score (nSPS) is 19.3. The van der Waals surface area contributed by atoms with E-state index in [-0.39, 0.29) is 22.0 Å². The van der Waals surface area contributed by atoms with Gasteiger partial charge in [0.05, 0.1) is 4.90 Å². The van der Waals surface area contributed by atoms with Gasteiger partial charge in [-0.3, -0.25) is 0 Å². The number of fused-ring (bicyclic) bond motifs is 1. The van der Waals surface area contributed by atoms with Gasteiger partial charge in [0.15, 0.2) is 21.3 Å². The van der Waals surface area contributed by atoms with Gasteiger partial charge in [-0.25, -0.2) is 28.1 Å². The maximum atomic E-state index is 13.5. The van der Waals surface area contributed by atoms with Crippen LogP contribution in [0.25, 0.3) is 0 Å². The fourth-order valence-electron chi connectivity index (χ4n) is 3.36. The molecule has 30 heavy (non-hydrogen) atoms. The molecule has 1 aliphatic rings. The zero-order valence-corrected chi connectivity index (χ0v) is 16.8. The molecule has 0 saturated carbocycles. The highest BCUT2D eigenvalue weighted by atomic mass is 35.5. The van der Waals surface area contributed by atoms with Gasteiger partial charge in [0.25, 0.3) is 0 Å². The lowest BCUT2D eigenvalue weighted by Crippen LogP contribution is -2.41. The molecular weight excluding hydrogens is 443 g/mol. The Labute approximate surface area is 174 Å². The molecule has 2 atom stereocenters. The minimum atomic E-state index is -4.71. The van der Waals surface area contributed by atoms with E-state index < -0.39 is 33.0 Å². The Kier molecular flexibility index (Phi) is 4.89. The van der Waals surface area contributed by atoms with Crippen molar-refractivity contribution in [1.82, 2.24) is 19.7 Å². The van der Waals surface area contributed by atoms with Crippen molar-refractivity contribution in [3.05, 3.63) is 65.3 Å². The molecule has 3 aromatic rings. The van der Waals surface area contributed by atoms with E-state index in [2.05, 4.69) is 20.1 Å². The first-order valence-electron chi connectivity index (χ1n) is 8.55. The summed E-state index contributed by atoms with van der Waals surface area (Å²) in [5, 5.41) is 2.66. The molecule has 4 rings (SSSR count). The second-order valence-corrected chi connectivity index (χ2v) is 9.13. The fraction of sp³-hybridized carbons (Fsp3) is 0.222. The van der Waals surface area contributed by atoms with Gasteiger partial charge in [0, 0.05) is 34.8 Å². The average molecular weight is 456 g/mol. The number of hydrogen-bond acceptors (Lipinski definition) is 6. The van der Waals surface area contributed by atoms with Gasteiger partial charge in [0.1, 0.15) is 17.6 Å². The Bertz CT molecular complexity index is 1220. The van der Waals surface area contributed by atoms with Crippen LogP contribution in [0.5, 0.6) is 0 Å². The molecule has 0 N–H and O–H groups in total. The Morgan fingerprint density at radius 3 is 2.33 bits per heavy atom. The number of alkyl halides is 3. The molecule has 0 saturated heterocycles. The molecular formula is C18H13ClF3N5O2S. The quantitative estimate of drug-likeness (QED) is 0.597. The van der Waals surface area contributed by atoms with Crippen molar-refractivity contribution in [3.63, 3.8) is 0 Å². The van der Waals surface area contributed by atoms with E-state index >= 15 is 0 Å². The molecule has 1 aromatic carbocycles.